The molecule has 31 heavy (non-hydrogen) atoms. The highest BCUT2D eigenvalue weighted by atomic mass is 32.2. The van der Waals surface area contributed by atoms with Crippen LogP contribution in [0.25, 0.3) is 11.3 Å². The number of hydrogen-bond acceptors (Lipinski definition) is 7. The fourth-order valence-corrected chi connectivity index (χ4v) is 3.68. The number of benzene rings is 1. The number of nitrogens with zero attached hydrogens (tertiary/aromatic N) is 5. The zero-order valence-electron chi connectivity index (χ0n) is 15.4. The van der Waals surface area contributed by atoms with Gasteiger partial charge < -0.3 is 10.4 Å². The number of nitrogens with one attached hydrogen (secondary N) is 2. The summed E-state index contributed by atoms with van der Waals surface area (Å²) < 4.78 is 40.5. The lowest BCUT2D eigenvalue weighted by Gasteiger charge is -2.11. The maximum atomic E-state index is 13.1. The molecule has 0 radical (unpaired) electrons. The second kappa shape index (κ2) is 7.83. The van der Waals surface area contributed by atoms with Crippen LogP contribution in [0.1, 0.15) is 16.7 Å². The van der Waals surface area contributed by atoms with Crippen LogP contribution in [0.4, 0.5) is 13.2 Å². The van der Waals surface area contributed by atoms with Gasteiger partial charge >= 0.3 is 6.18 Å². The molecule has 0 atom stereocenters. The number of H-pyrrole nitrogens is 1. The molecule has 0 aliphatic heterocycles. The Kier molecular flexibility index (Phi) is 5.19. The topological polar surface area (TPSA) is 122 Å². The molecule has 1 aromatic carbocycles. The van der Waals surface area contributed by atoms with E-state index in [-0.39, 0.29) is 27.8 Å². The molecule has 3 heterocycles. The number of aromatic amines is 1. The minimum absolute atomic E-state index is 0.0434. The van der Waals surface area contributed by atoms with E-state index in [1.165, 1.54) is 24.5 Å². The van der Waals surface area contributed by atoms with Crippen molar-refractivity contribution in [1.29, 1.82) is 5.41 Å². The first-order valence-electron chi connectivity index (χ1n) is 8.63. The fourth-order valence-electron chi connectivity index (χ4n) is 2.75. The zero-order chi connectivity index (χ0) is 22.2. The Morgan fingerprint density at radius 1 is 1.16 bits per heavy atom. The van der Waals surface area contributed by atoms with Crippen molar-refractivity contribution in [1.82, 2.24) is 29.4 Å². The van der Waals surface area contributed by atoms with Crippen LogP contribution in [0, 0.1) is 5.41 Å². The van der Waals surface area contributed by atoms with Gasteiger partial charge in [0.2, 0.25) is 0 Å². The van der Waals surface area contributed by atoms with Gasteiger partial charge in [-0.25, -0.2) is 9.55 Å². The van der Waals surface area contributed by atoms with Gasteiger partial charge in [-0.05, 0) is 17.7 Å². The van der Waals surface area contributed by atoms with E-state index < -0.39 is 22.9 Å². The summed E-state index contributed by atoms with van der Waals surface area (Å²) in [5.41, 5.74) is -0.925. The lowest BCUT2D eigenvalue weighted by Crippen LogP contribution is -2.26. The molecule has 0 aliphatic carbocycles. The van der Waals surface area contributed by atoms with Crippen LogP contribution in [-0.2, 0) is 11.9 Å². The molecule has 3 aromatic heterocycles. The number of aromatic nitrogens is 6. The number of fused-ring (bicyclic) bond motifs is 1. The molecule has 13 heteroatoms. The molecule has 0 saturated carbocycles. The largest absolute Gasteiger partial charge is 0.416 e. The quantitative estimate of drug-likeness (QED) is 0.358. The van der Waals surface area contributed by atoms with E-state index >= 15 is 0 Å². The summed E-state index contributed by atoms with van der Waals surface area (Å²) in [6, 6.07) is 4.64. The van der Waals surface area contributed by atoms with Gasteiger partial charge in [-0.2, -0.15) is 18.3 Å². The van der Waals surface area contributed by atoms with Crippen LogP contribution in [0.3, 0.4) is 0 Å². The van der Waals surface area contributed by atoms with Crippen molar-refractivity contribution >= 4 is 23.5 Å². The van der Waals surface area contributed by atoms with Gasteiger partial charge in [0.25, 0.3) is 11.1 Å². The number of halogens is 3. The number of thioether (sulfide) groups is 1. The van der Waals surface area contributed by atoms with Gasteiger partial charge in [-0.1, -0.05) is 23.9 Å². The first-order valence-corrected chi connectivity index (χ1v) is 9.62. The second-order valence-corrected chi connectivity index (χ2v) is 7.20. The van der Waals surface area contributed by atoms with Gasteiger partial charge in [0, 0.05) is 23.7 Å². The molecule has 4 aromatic rings. The minimum atomic E-state index is -4.43. The third kappa shape index (κ3) is 3.99. The third-order valence-electron chi connectivity index (χ3n) is 4.25. The Morgan fingerprint density at radius 2 is 1.90 bits per heavy atom. The normalized spacial score (nSPS) is 11.7. The summed E-state index contributed by atoms with van der Waals surface area (Å²) in [5, 5.41) is 15.9. The van der Waals surface area contributed by atoms with Crippen LogP contribution < -0.4 is 11.1 Å². The van der Waals surface area contributed by atoms with E-state index in [4.69, 9.17) is 5.41 Å². The molecular weight excluding hydrogens is 435 g/mol. The van der Waals surface area contributed by atoms with E-state index in [1.807, 2.05) is 0 Å². The highest BCUT2D eigenvalue weighted by Crippen LogP contribution is 2.30. The Labute approximate surface area is 175 Å². The molecule has 9 nitrogen and oxygen atoms in total. The molecule has 4 rings (SSSR count). The SMILES string of the molecule is N=Cc1cnn2nc(SCc3ccc(C(F)(F)F)cc3)n(-c3c[nH]c(=O)cn3)c(=O)c12. The van der Waals surface area contributed by atoms with Crippen molar-refractivity contribution in [2.75, 3.05) is 0 Å². The predicted octanol–water partition coefficient (Wildman–Crippen LogP) is 2.27. The lowest BCUT2D eigenvalue weighted by atomic mass is 10.1. The number of hydrogen-bond donors (Lipinski definition) is 2. The molecule has 0 unspecified atom stereocenters. The van der Waals surface area contributed by atoms with Crippen molar-refractivity contribution < 1.29 is 13.2 Å². The Bertz CT molecular complexity index is 1370. The lowest BCUT2D eigenvalue weighted by molar-refractivity contribution is -0.137. The van der Waals surface area contributed by atoms with Crippen molar-refractivity contribution in [2.24, 2.45) is 0 Å². The fraction of sp³-hybridized carbons (Fsp3) is 0.111. The van der Waals surface area contributed by atoms with Gasteiger partial charge in [0.1, 0.15) is 0 Å². The van der Waals surface area contributed by atoms with Crippen molar-refractivity contribution in [2.45, 2.75) is 17.1 Å². The van der Waals surface area contributed by atoms with Crippen LogP contribution >= 0.6 is 11.8 Å². The summed E-state index contributed by atoms with van der Waals surface area (Å²) in [5.74, 6) is 0.296. The predicted molar refractivity (Wildman–Crippen MR) is 106 cm³/mol. The summed E-state index contributed by atoms with van der Waals surface area (Å²) in [6.07, 6.45) is 0.0901. The Balaban J connectivity index is 1.76. The molecule has 2 N–H and O–H groups in total. The molecular formula is C18H12F3N7O2S. The van der Waals surface area contributed by atoms with Crippen molar-refractivity contribution in [3.8, 4) is 5.82 Å². The summed E-state index contributed by atoms with van der Waals surface area (Å²) >= 11 is 1.08. The molecule has 0 spiro atoms. The van der Waals surface area contributed by atoms with Gasteiger partial charge in [0.15, 0.2) is 16.5 Å². The second-order valence-electron chi connectivity index (χ2n) is 6.26. The first kappa shape index (κ1) is 20.5. The van der Waals surface area contributed by atoms with Crippen LogP contribution in [-0.4, -0.2) is 35.6 Å². The van der Waals surface area contributed by atoms with Crippen molar-refractivity contribution in [3.63, 3.8) is 0 Å². The van der Waals surface area contributed by atoms with Gasteiger partial charge in [0.05, 0.1) is 18.0 Å². The van der Waals surface area contributed by atoms with Gasteiger partial charge in [-0.3, -0.25) is 9.59 Å². The monoisotopic (exact) mass is 447 g/mol. The molecule has 0 saturated heterocycles. The summed E-state index contributed by atoms with van der Waals surface area (Å²) in [4.78, 5) is 30.9. The van der Waals surface area contributed by atoms with E-state index in [0.29, 0.717) is 5.56 Å². The van der Waals surface area contributed by atoms with Crippen LogP contribution in [0.5, 0.6) is 0 Å². The van der Waals surface area contributed by atoms with Gasteiger partial charge in [-0.15, -0.1) is 9.73 Å². The number of rotatable bonds is 5. The molecule has 0 bridgehead atoms. The van der Waals surface area contributed by atoms with E-state index in [1.54, 1.807) is 0 Å². The van der Waals surface area contributed by atoms with Crippen molar-refractivity contribution in [3.05, 3.63) is 80.3 Å². The highest BCUT2D eigenvalue weighted by Gasteiger charge is 2.30. The standard InChI is InChI=1S/C18H12F3N7O2S/c19-18(20,21)12-3-1-10(2-4-12)9-31-17-26-28-15(11(5-22)6-25-28)16(30)27(17)13-7-24-14(29)8-23-13/h1-8,22H,9H2,(H,24,29). The average molecular weight is 447 g/mol. The van der Waals surface area contributed by atoms with Crippen LogP contribution in [0.2, 0.25) is 0 Å². The summed E-state index contributed by atoms with van der Waals surface area (Å²) in [7, 11) is 0. The van der Waals surface area contributed by atoms with E-state index in [0.717, 1.165) is 45.5 Å². The number of alkyl halides is 3. The maximum Gasteiger partial charge on any atom is 0.416 e. The molecule has 0 fully saturated rings. The molecule has 0 amide bonds. The van der Waals surface area contributed by atoms with Crippen LogP contribution in [0.15, 0.2) is 57.6 Å². The van der Waals surface area contributed by atoms with E-state index in [2.05, 4.69) is 20.2 Å². The smallest absolute Gasteiger partial charge is 0.324 e. The average Bonchev–Trinajstić information content (AvgIpc) is 3.16. The zero-order valence-corrected chi connectivity index (χ0v) is 16.2. The molecule has 0 aliphatic rings. The Morgan fingerprint density at radius 3 is 2.52 bits per heavy atom. The third-order valence-corrected chi connectivity index (χ3v) is 5.25. The maximum absolute atomic E-state index is 13.1. The molecule has 158 valence electrons. The summed E-state index contributed by atoms with van der Waals surface area (Å²) in [6.45, 7) is 0. The minimum Gasteiger partial charge on any atom is -0.324 e. The highest BCUT2D eigenvalue weighted by molar-refractivity contribution is 7.98. The first-order chi connectivity index (χ1) is 14.8. The van der Waals surface area contributed by atoms with E-state index in [9.17, 15) is 22.8 Å². The Hall–Kier alpha value is -3.74.